The summed E-state index contributed by atoms with van der Waals surface area (Å²) in [5.41, 5.74) is 1.28. The van der Waals surface area contributed by atoms with Crippen LogP contribution in [0, 0.1) is 12.8 Å². The number of rotatable bonds is 6. The van der Waals surface area contributed by atoms with Crippen molar-refractivity contribution in [3.05, 3.63) is 29.3 Å². The van der Waals surface area contributed by atoms with E-state index in [1.54, 1.807) is 32.2 Å². The van der Waals surface area contributed by atoms with Gasteiger partial charge in [0, 0.05) is 13.6 Å². The normalized spacial score (nSPS) is 12.4. The Labute approximate surface area is 116 Å². The second-order valence-electron chi connectivity index (χ2n) is 5.21. The van der Waals surface area contributed by atoms with E-state index in [1.807, 2.05) is 0 Å². The highest BCUT2D eigenvalue weighted by molar-refractivity contribution is 7.89. The van der Waals surface area contributed by atoms with E-state index in [0.29, 0.717) is 23.6 Å². The van der Waals surface area contributed by atoms with Crippen molar-refractivity contribution in [1.82, 2.24) is 4.31 Å². The van der Waals surface area contributed by atoms with E-state index < -0.39 is 10.0 Å². The van der Waals surface area contributed by atoms with E-state index in [4.69, 9.17) is 0 Å². The van der Waals surface area contributed by atoms with Gasteiger partial charge in [0.1, 0.15) is 0 Å². The highest BCUT2D eigenvalue weighted by Gasteiger charge is 2.23. The molecule has 0 aliphatic carbocycles. The molecule has 0 aliphatic heterocycles. The van der Waals surface area contributed by atoms with Crippen LogP contribution in [0.4, 0.5) is 0 Å². The number of hydrogen-bond donors (Lipinski definition) is 1. The minimum absolute atomic E-state index is 0.148. The van der Waals surface area contributed by atoms with Crippen LogP contribution in [0.5, 0.6) is 0 Å². The number of sulfonamides is 1. The van der Waals surface area contributed by atoms with E-state index in [-0.39, 0.29) is 11.5 Å². The second kappa shape index (κ2) is 6.50. The first-order valence-corrected chi connectivity index (χ1v) is 7.90. The number of hydrogen-bond acceptors (Lipinski definition) is 3. The molecule has 0 radical (unpaired) electrons. The third-order valence-corrected chi connectivity index (χ3v) is 5.28. The fraction of sp³-hybridized carbons (Fsp3) is 0.571. The predicted molar refractivity (Wildman–Crippen MR) is 76.4 cm³/mol. The molecular weight excluding hydrogens is 262 g/mol. The number of benzene rings is 1. The fourth-order valence-corrected chi connectivity index (χ4v) is 3.29. The van der Waals surface area contributed by atoms with Crippen LogP contribution in [0.15, 0.2) is 23.1 Å². The van der Waals surface area contributed by atoms with Crippen molar-refractivity contribution in [3.63, 3.8) is 0 Å². The Morgan fingerprint density at radius 2 is 1.95 bits per heavy atom. The lowest BCUT2D eigenvalue weighted by molar-refractivity contribution is 0.280. The highest BCUT2D eigenvalue weighted by Crippen LogP contribution is 2.22. The summed E-state index contributed by atoms with van der Waals surface area (Å²) in [6.07, 6.45) is 0.828. The van der Waals surface area contributed by atoms with E-state index in [2.05, 4.69) is 13.8 Å². The molecule has 1 aromatic carbocycles. The van der Waals surface area contributed by atoms with Gasteiger partial charge < -0.3 is 5.11 Å². The molecule has 0 saturated carbocycles. The van der Waals surface area contributed by atoms with Gasteiger partial charge in [-0.1, -0.05) is 26.0 Å². The zero-order valence-corrected chi connectivity index (χ0v) is 12.9. The lowest BCUT2D eigenvalue weighted by Crippen LogP contribution is -2.29. The molecule has 19 heavy (non-hydrogen) atoms. The summed E-state index contributed by atoms with van der Waals surface area (Å²) >= 11 is 0. The van der Waals surface area contributed by atoms with Crippen molar-refractivity contribution in [3.8, 4) is 0 Å². The summed E-state index contributed by atoms with van der Waals surface area (Å²) in [5.74, 6) is 0.461. The van der Waals surface area contributed by atoms with Gasteiger partial charge in [-0.25, -0.2) is 12.7 Å². The molecule has 4 nitrogen and oxygen atoms in total. The van der Waals surface area contributed by atoms with Crippen LogP contribution in [0.2, 0.25) is 0 Å². The average Bonchev–Trinajstić information content (AvgIpc) is 2.35. The molecule has 1 N–H and O–H groups in total. The smallest absolute Gasteiger partial charge is 0.243 e. The Morgan fingerprint density at radius 1 is 1.32 bits per heavy atom. The maximum atomic E-state index is 12.5. The topological polar surface area (TPSA) is 57.6 Å². The molecule has 1 aromatic rings. The quantitative estimate of drug-likeness (QED) is 0.871. The van der Waals surface area contributed by atoms with Crippen LogP contribution in [0.25, 0.3) is 0 Å². The summed E-state index contributed by atoms with van der Waals surface area (Å²) in [7, 11) is -1.88. The van der Waals surface area contributed by atoms with Crippen molar-refractivity contribution < 1.29 is 13.5 Å². The van der Waals surface area contributed by atoms with Crippen LogP contribution in [-0.4, -0.2) is 31.4 Å². The summed E-state index contributed by atoms with van der Waals surface area (Å²) in [5, 5.41) is 9.21. The molecule has 0 aliphatic rings. The molecule has 1 rings (SSSR count). The van der Waals surface area contributed by atoms with Gasteiger partial charge in [-0.2, -0.15) is 0 Å². The molecule has 0 bridgehead atoms. The van der Waals surface area contributed by atoms with Crippen LogP contribution < -0.4 is 0 Å². The molecule has 108 valence electrons. The maximum Gasteiger partial charge on any atom is 0.243 e. The maximum absolute atomic E-state index is 12.5. The summed E-state index contributed by atoms with van der Waals surface area (Å²) in [6.45, 7) is 6.22. The molecule has 0 aromatic heterocycles. The SMILES string of the molecule is Cc1c(CO)cccc1S(=O)(=O)N(C)CCC(C)C. The number of nitrogens with zero attached hydrogens (tertiary/aromatic N) is 1. The van der Waals surface area contributed by atoms with E-state index in [9.17, 15) is 13.5 Å². The van der Waals surface area contributed by atoms with Gasteiger partial charge in [-0.05, 0) is 36.5 Å². The Balaban J connectivity index is 3.06. The molecule has 0 atom stereocenters. The number of aliphatic hydroxyl groups is 1. The molecule has 0 saturated heterocycles. The first-order chi connectivity index (χ1) is 8.80. The molecule has 0 heterocycles. The van der Waals surface area contributed by atoms with Gasteiger partial charge in [0.25, 0.3) is 0 Å². The minimum atomic E-state index is -3.48. The van der Waals surface area contributed by atoms with Crippen molar-refractivity contribution in [2.45, 2.75) is 38.7 Å². The van der Waals surface area contributed by atoms with Crippen LogP contribution in [-0.2, 0) is 16.6 Å². The van der Waals surface area contributed by atoms with Crippen molar-refractivity contribution >= 4 is 10.0 Å². The monoisotopic (exact) mass is 285 g/mol. The van der Waals surface area contributed by atoms with Gasteiger partial charge in [0.05, 0.1) is 11.5 Å². The molecule has 0 fully saturated rings. The Morgan fingerprint density at radius 3 is 2.47 bits per heavy atom. The van der Waals surface area contributed by atoms with Crippen LogP contribution in [0.1, 0.15) is 31.4 Å². The fourth-order valence-electron chi connectivity index (χ4n) is 1.84. The summed E-state index contributed by atoms with van der Waals surface area (Å²) < 4.78 is 26.3. The Hall–Kier alpha value is -0.910. The third-order valence-electron chi connectivity index (χ3n) is 3.28. The molecule has 5 heteroatoms. The number of aliphatic hydroxyl groups excluding tert-OH is 1. The largest absolute Gasteiger partial charge is 0.392 e. The van der Waals surface area contributed by atoms with Crippen molar-refractivity contribution in [1.29, 1.82) is 0 Å². The molecular formula is C14H23NO3S. The van der Waals surface area contributed by atoms with Gasteiger partial charge >= 0.3 is 0 Å². The predicted octanol–water partition coefficient (Wildman–Crippen LogP) is 2.15. The Kier molecular flexibility index (Phi) is 5.52. The van der Waals surface area contributed by atoms with Crippen molar-refractivity contribution in [2.75, 3.05) is 13.6 Å². The van der Waals surface area contributed by atoms with Gasteiger partial charge in [0.2, 0.25) is 10.0 Å². The van der Waals surface area contributed by atoms with Gasteiger partial charge in [-0.15, -0.1) is 0 Å². The molecule has 0 spiro atoms. The average molecular weight is 285 g/mol. The lowest BCUT2D eigenvalue weighted by atomic mass is 10.1. The van der Waals surface area contributed by atoms with E-state index >= 15 is 0 Å². The highest BCUT2D eigenvalue weighted by atomic mass is 32.2. The van der Waals surface area contributed by atoms with Crippen molar-refractivity contribution in [2.24, 2.45) is 5.92 Å². The van der Waals surface area contributed by atoms with E-state index in [1.165, 1.54) is 4.31 Å². The zero-order chi connectivity index (χ0) is 14.6. The minimum Gasteiger partial charge on any atom is -0.392 e. The van der Waals surface area contributed by atoms with Gasteiger partial charge in [0.15, 0.2) is 0 Å². The third kappa shape index (κ3) is 3.78. The lowest BCUT2D eigenvalue weighted by Gasteiger charge is -2.20. The van der Waals surface area contributed by atoms with Crippen LogP contribution >= 0.6 is 0 Å². The second-order valence-corrected chi connectivity index (χ2v) is 7.22. The summed E-state index contributed by atoms with van der Waals surface area (Å²) in [4.78, 5) is 0.283. The molecule has 0 unspecified atom stereocenters. The van der Waals surface area contributed by atoms with Gasteiger partial charge in [-0.3, -0.25) is 0 Å². The van der Waals surface area contributed by atoms with Crippen LogP contribution in [0.3, 0.4) is 0 Å². The first kappa shape index (κ1) is 16.1. The summed E-state index contributed by atoms with van der Waals surface area (Å²) in [6, 6.07) is 5.00. The first-order valence-electron chi connectivity index (χ1n) is 6.46. The van der Waals surface area contributed by atoms with E-state index in [0.717, 1.165) is 6.42 Å². The molecule has 0 amide bonds. The standard InChI is InChI=1S/C14H23NO3S/c1-11(2)8-9-15(4)19(17,18)14-7-5-6-13(10-16)12(14)3/h5-7,11,16H,8-10H2,1-4H3. The Bertz CT molecular complexity index is 523. The zero-order valence-electron chi connectivity index (χ0n) is 12.0.